The van der Waals surface area contributed by atoms with Gasteiger partial charge in [-0.1, -0.05) is 17.7 Å². The van der Waals surface area contributed by atoms with Gasteiger partial charge in [-0.3, -0.25) is 0 Å². The van der Waals surface area contributed by atoms with Gasteiger partial charge in [0, 0.05) is 17.5 Å². The molecule has 1 aliphatic rings. The quantitative estimate of drug-likeness (QED) is 0.933. The summed E-state index contributed by atoms with van der Waals surface area (Å²) in [5, 5.41) is 10.6. The number of aliphatic hydroxyl groups excluding tert-OH is 1. The number of hydrogen-bond donors (Lipinski definition) is 1. The minimum Gasteiger partial charge on any atom is -0.386 e. The zero-order valence-corrected chi connectivity index (χ0v) is 11.0. The van der Waals surface area contributed by atoms with E-state index in [1.54, 1.807) is 24.7 Å². The lowest BCUT2D eigenvalue weighted by atomic mass is 10.1. The third-order valence-electron chi connectivity index (χ3n) is 3.41. The van der Waals surface area contributed by atoms with E-state index in [-0.39, 0.29) is 12.2 Å². The average molecular weight is 281 g/mol. The lowest BCUT2D eigenvalue weighted by Crippen LogP contribution is -2.09. The van der Waals surface area contributed by atoms with Gasteiger partial charge in [-0.05, 0) is 30.5 Å². The third kappa shape index (κ3) is 2.65. The molecule has 100 valence electrons. The summed E-state index contributed by atoms with van der Waals surface area (Å²) in [6.07, 6.45) is 5.09. The molecule has 0 radical (unpaired) electrons. The smallest absolute Gasteiger partial charge is 0.127 e. The van der Waals surface area contributed by atoms with E-state index in [0.29, 0.717) is 16.6 Å². The number of nitrogens with zero attached hydrogens (tertiary/aromatic N) is 2. The Morgan fingerprint density at radius 1 is 1.47 bits per heavy atom. The molecule has 2 aromatic rings. The van der Waals surface area contributed by atoms with Crippen LogP contribution >= 0.6 is 11.6 Å². The van der Waals surface area contributed by atoms with Crippen LogP contribution in [0.5, 0.6) is 0 Å². The molecule has 0 bridgehead atoms. The topological polar surface area (TPSA) is 38.1 Å². The fourth-order valence-electron chi connectivity index (χ4n) is 2.23. The van der Waals surface area contributed by atoms with E-state index < -0.39 is 6.10 Å². The molecule has 1 atom stereocenters. The van der Waals surface area contributed by atoms with Crippen molar-refractivity contribution in [1.82, 2.24) is 9.55 Å². The molecule has 0 saturated heterocycles. The monoisotopic (exact) mass is 280 g/mol. The van der Waals surface area contributed by atoms with Gasteiger partial charge in [0.1, 0.15) is 5.82 Å². The van der Waals surface area contributed by atoms with E-state index in [2.05, 4.69) is 4.98 Å². The number of imidazole rings is 1. The number of aromatic nitrogens is 2. The maximum atomic E-state index is 13.7. The normalized spacial score (nSPS) is 16.6. The van der Waals surface area contributed by atoms with Crippen LogP contribution in [-0.4, -0.2) is 14.7 Å². The van der Waals surface area contributed by atoms with Crippen LogP contribution < -0.4 is 0 Å². The van der Waals surface area contributed by atoms with Crippen molar-refractivity contribution in [2.45, 2.75) is 31.4 Å². The number of halogens is 2. The summed E-state index contributed by atoms with van der Waals surface area (Å²) in [4.78, 5) is 4.07. The first kappa shape index (κ1) is 12.6. The molecule has 1 aromatic carbocycles. The Balaban J connectivity index is 1.80. The molecular formula is C14H14ClFN2O. The van der Waals surface area contributed by atoms with E-state index in [9.17, 15) is 9.50 Å². The molecule has 1 unspecified atom stereocenters. The highest BCUT2D eigenvalue weighted by Gasteiger charge is 2.27. The van der Waals surface area contributed by atoms with Crippen molar-refractivity contribution in [2.24, 2.45) is 0 Å². The molecule has 1 N–H and O–H groups in total. The summed E-state index contributed by atoms with van der Waals surface area (Å²) in [5.41, 5.74) is 1.21. The Morgan fingerprint density at radius 3 is 2.95 bits per heavy atom. The minimum absolute atomic E-state index is 0.224. The summed E-state index contributed by atoms with van der Waals surface area (Å²) in [6, 6.07) is 4.95. The largest absolute Gasteiger partial charge is 0.386 e. The first-order chi connectivity index (χ1) is 9.15. The minimum atomic E-state index is -0.751. The van der Waals surface area contributed by atoms with Gasteiger partial charge >= 0.3 is 0 Å². The zero-order valence-electron chi connectivity index (χ0n) is 10.3. The van der Waals surface area contributed by atoms with Crippen molar-refractivity contribution < 1.29 is 9.50 Å². The molecule has 0 aliphatic heterocycles. The Labute approximate surface area is 115 Å². The number of aliphatic hydroxyl groups is 1. The van der Waals surface area contributed by atoms with Crippen LogP contribution in [-0.2, 0) is 6.42 Å². The lowest BCUT2D eigenvalue weighted by molar-refractivity contribution is 0.167. The molecule has 3 nitrogen and oxygen atoms in total. The number of rotatable bonds is 4. The third-order valence-corrected chi connectivity index (χ3v) is 3.64. The van der Waals surface area contributed by atoms with Gasteiger partial charge in [0.15, 0.2) is 0 Å². The van der Waals surface area contributed by atoms with Crippen molar-refractivity contribution in [3.05, 3.63) is 52.8 Å². The summed E-state index contributed by atoms with van der Waals surface area (Å²) in [6.45, 7) is 0. The predicted octanol–water partition coefficient (Wildman–Crippen LogP) is 3.29. The van der Waals surface area contributed by atoms with E-state index in [4.69, 9.17) is 11.6 Å². The molecule has 3 rings (SSSR count). The second-order valence-electron chi connectivity index (χ2n) is 4.91. The molecule has 0 spiro atoms. The van der Waals surface area contributed by atoms with Gasteiger partial charge in [-0.2, -0.15) is 0 Å². The van der Waals surface area contributed by atoms with E-state index >= 15 is 0 Å². The molecule has 19 heavy (non-hydrogen) atoms. The highest BCUT2D eigenvalue weighted by molar-refractivity contribution is 6.30. The predicted molar refractivity (Wildman–Crippen MR) is 70.6 cm³/mol. The van der Waals surface area contributed by atoms with Crippen LogP contribution in [0.4, 0.5) is 4.39 Å². The Kier molecular flexibility index (Phi) is 3.29. The fourth-order valence-corrected chi connectivity index (χ4v) is 2.39. The first-order valence-corrected chi connectivity index (χ1v) is 6.66. The summed E-state index contributed by atoms with van der Waals surface area (Å²) in [7, 11) is 0. The van der Waals surface area contributed by atoms with Crippen LogP contribution in [0.2, 0.25) is 5.02 Å². The lowest BCUT2D eigenvalue weighted by Gasteiger charge is -2.14. The SMILES string of the molecule is OC(Cc1ccc(Cl)cc1F)c1cncn1C1CC1. The molecular weight excluding hydrogens is 267 g/mol. The van der Waals surface area contributed by atoms with Crippen molar-refractivity contribution in [1.29, 1.82) is 0 Å². The van der Waals surface area contributed by atoms with Gasteiger partial charge in [0.05, 0.1) is 24.3 Å². The Morgan fingerprint density at radius 2 is 2.26 bits per heavy atom. The molecule has 1 fully saturated rings. The highest BCUT2D eigenvalue weighted by atomic mass is 35.5. The van der Waals surface area contributed by atoms with Crippen LogP contribution in [0.15, 0.2) is 30.7 Å². The summed E-state index contributed by atoms with van der Waals surface area (Å²) >= 11 is 5.71. The maximum Gasteiger partial charge on any atom is 0.127 e. The average Bonchev–Trinajstić information content (AvgIpc) is 3.10. The standard InChI is InChI=1S/C14H14ClFN2O/c15-10-2-1-9(12(16)6-10)5-14(19)13-7-17-8-18(13)11-3-4-11/h1-2,6-8,11,14,19H,3-5H2. The summed E-state index contributed by atoms with van der Waals surface area (Å²) in [5.74, 6) is -0.385. The second-order valence-corrected chi connectivity index (χ2v) is 5.35. The Bertz CT molecular complexity index is 595. The fraction of sp³-hybridized carbons (Fsp3) is 0.357. The number of hydrogen-bond acceptors (Lipinski definition) is 2. The van der Waals surface area contributed by atoms with Gasteiger partial charge in [-0.25, -0.2) is 9.37 Å². The molecule has 1 saturated carbocycles. The van der Waals surface area contributed by atoms with Crippen molar-refractivity contribution in [3.63, 3.8) is 0 Å². The zero-order chi connectivity index (χ0) is 13.4. The van der Waals surface area contributed by atoms with Gasteiger partial charge < -0.3 is 9.67 Å². The van der Waals surface area contributed by atoms with E-state index in [1.807, 2.05) is 4.57 Å². The van der Waals surface area contributed by atoms with Gasteiger partial charge in [0.25, 0.3) is 0 Å². The van der Waals surface area contributed by atoms with Crippen LogP contribution in [0.1, 0.15) is 36.2 Å². The van der Waals surface area contributed by atoms with Crippen LogP contribution in [0.25, 0.3) is 0 Å². The summed E-state index contributed by atoms with van der Waals surface area (Å²) < 4.78 is 15.7. The van der Waals surface area contributed by atoms with Gasteiger partial charge in [0.2, 0.25) is 0 Å². The molecule has 1 heterocycles. The van der Waals surface area contributed by atoms with Crippen LogP contribution in [0.3, 0.4) is 0 Å². The molecule has 0 amide bonds. The Hall–Kier alpha value is -1.39. The first-order valence-electron chi connectivity index (χ1n) is 6.29. The molecule has 5 heteroatoms. The van der Waals surface area contributed by atoms with E-state index in [1.165, 1.54) is 6.07 Å². The number of benzene rings is 1. The molecule has 1 aromatic heterocycles. The highest BCUT2D eigenvalue weighted by Crippen LogP contribution is 2.37. The van der Waals surface area contributed by atoms with Crippen molar-refractivity contribution in [3.8, 4) is 0 Å². The van der Waals surface area contributed by atoms with Crippen molar-refractivity contribution >= 4 is 11.6 Å². The maximum absolute atomic E-state index is 13.7. The second kappa shape index (κ2) is 4.94. The van der Waals surface area contributed by atoms with Crippen LogP contribution in [0, 0.1) is 5.82 Å². The molecule has 1 aliphatic carbocycles. The van der Waals surface area contributed by atoms with E-state index in [0.717, 1.165) is 18.5 Å². The van der Waals surface area contributed by atoms with Gasteiger partial charge in [-0.15, -0.1) is 0 Å². The van der Waals surface area contributed by atoms with Crippen molar-refractivity contribution in [2.75, 3.05) is 0 Å².